The molecule has 0 saturated heterocycles. The molecule has 1 unspecified atom stereocenters. The third-order valence-electron chi connectivity index (χ3n) is 2.35. The van der Waals surface area contributed by atoms with Gasteiger partial charge < -0.3 is 4.74 Å². The number of ether oxygens (including phenoxy) is 1. The van der Waals surface area contributed by atoms with Gasteiger partial charge in [-0.2, -0.15) is 0 Å². The van der Waals surface area contributed by atoms with E-state index >= 15 is 0 Å². The zero-order valence-corrected chi connectivity index (χ0v) is 8.36. The van der Waals surface area contributed by atoms with Gasteiger partial charge in [0.2, 0.25) is 0 Å². The van der Waals surface area contributed by atoms with Crippen LogP contribution in [0, 0.1) is 0 Å². The maximum absolute atomic E-state index is 11.2. The van der Waals surface area contributed by atoms with Gasteiger partial charge >= 0.3 is 0 Å². The van der Waals surface area contributed by atoms with Gasteiger partial charge in [-0.15, -0.1) is 0 Å². The summed E-state index contributed by atoms with van der Waals surface area (Å²) in [5.41, 5.74) is 3.60. The van der Waals surface area contributed by atoms with Gasteiger partial charge in [-0.25, -0.2) is 0 Å². The van der Waals surface area contributed by atoms with Crippen LogP contribution in [0.3, 0.4) is 0 Å². The van der Waals surface area contributed by atoms with Gasteiger partial charge in [-0.05, 0) is 0 Å². The Hall–Kier alpha value is -1.55. The summed E-state index contributed by atoms with van der Waals surface area (Å²) in [6, 6.07) is 0. The lowest BCUT2D eigenvalue weighted by molar-refractivity contribution is -0.122. The Bertz CT molecular complexity index is 344. The number of rotatable bonds is 3. The normalized spacial score (nSPS) is 24.5. The molecule has 0 fully saturated rings. The van der Waals surface area contributed by atoms with Crippen molar-refractivity contribution >= 4 is 5.78 Å². The van der Waals surface area contributed by atoms with Gasteiger partial charge in [0.25, 0.3) is 0 Å². The summed E-state index contributed by atoms with van der Waals surface area (Å²) in [7, 11) is 0. The van der Waals surface area contributed by atoms with Crippen LogP contribution in [0.1, 0.15) is 12.8 Å². The summed E-state index contributed by atoms with van der Waals surface area (Å²) < 4.78 is 5.46. The second kappa shape index (κ2) is 4.31. The molecule has 15 heavy (non-hydrogen) atoms. The molecular weight excluding hydrogens is 194 g/mol. The standard InChI is InChI=1S/C11H13NO3/c1-2-5-14-11-7-12-15-10-6-8(13)3-4-9(10)11/h2,4,7,10,12H,1,3,5-6H2. The maximum Gasteiger partial charge on any atom is 0.143 e. The Morgan fingerprint density at radius 2 is 2.60 bits per heavy atom. The third kappa shape index (κ3) is 2.10. The Morgan fingerprint density at radius 3 is 3.40 bits per heavy atom. The molecule has 2 rings (SSSR count). The summed E-state index contributed by atoms with van der Waals surface area (Å²) in [6.07, 6.45) is 5.86. The lowest BCUT2D eigenvalue weighted by Gasteiger charge is -2.28. The fourth-order valence-corrected chi connectivity index (χ4v) is 1.65. The van der Waals surface area contributed by atoms with Crippen LogP contribution in [-0.4, -0.2) is 18.5 Å². The van der Waals surface area contributed by atoms with E-state index in [1.807, 2.05) is 6.08 Å². The Labute approximate surface area is 88.2 Å². The van der Waals surface area contributed by atoms with Crippen molar-refractivity contribution in [3.8, 4) is 0 Å². The molecule has 0 aromatic rings. The molecule has 2 aliphatic rings. The van der Waals surface area contributed by atoms with Crippen LogP contribution in [-0.2, 0) is 14.4 Å². The van der Waals surface area contributed by atoms with Crippen molar-refractivity contribution in [2.45, 2.75) is 18.9 Å². The van der Waals surface area contributed by atoms with Crippen LogP contribution in [0.25, 0.3) is 0 Å². The van der Waals surface area contributed by atoms with E-state index in [2.05, 4.69) is 12.1 Å². The second-order valence-corrected chi connectivity index (χ2v) is 3.44. The fourth-order valence-electron chi connectivity index (χ4n) is 1.65. The molecule has 0 radical (unpaired) electrons. The van der Waals surface area contributed by atoms with Crippen molar-refractivity contribution < 1.29 is 14.4 Å². The summed E-state index contributed by atoms with van der Waals surface area (Å²) in [5.74, 6) is 0.925. The molecule has 1 aliphatic carbocycles. The van der Waals surface area contributed by atoms with Crippen molar-refractivity contribution in [1.82, 2.24) is 5.48 Å². The summed E-state index contributed by atoms with van der Waals surface area (Å²) >= 11 is 0. The summed E-state index contributed by atoms with van der Waals surface area (Å²) in [4.78, 5) is 16.5. The summed E-state index contributed by atoms with van der Waals surface area (Å²) in [5, 5.41) is 0. The first-order chi connectivity index (χ1) is 7.31. The minimum atomic E-state index is -0.212. The molecule has 1 atom stereocenters. The molecule has 0 amide bonds. The van der Waals surface area contributed by atoms with Gasteiger partial charge in [0, 0.05) is 18.4 Å². The number of allylic oxidation sites excluding steroid dienone is 1. The third-order valence-corrected chi connectivity index (χ3v) is 2.35. The van der Waals surface area contributed by atoms with Gasteiger partial charge in [-0.1, -0.05) is 18.7 Å². The average molecular weight is 207 g/mol. The van der Waals surface area contributed by atoms with Crippen LogP contribution in [0.2, 0.25) is 0 Å². The minimum Gasteiger partial charge on any atom is -0.488 e. The Morgan fingerprint density at radius 1 is 1.73 bits per heavy atom. The Kier molecular flexibility index (Phi) is 2.87. The van der Waals surface area contributed by atoms with Gasteiger partial charge in [-0.3, -0.25) is 15.1 Å². The number of hydrogen-bond donors (Lipinski definition) is 1. The molecule has 1 heterocycles. The monoisotopic (exact) mass is 207 g/mol. The van der Waals surface area contributed by atoms with E-state index in [0.29, 0.717) is 19.4 Å². The number of nitrogens with one attached hydrogen (secondary N) is 1. The average Bonchev–Trinajstić information content (AvgIpc) is 2.25. The van der Waals surface area contributed by atoms with E-state index in [4.69, 9.17) is 9.57 Å². The highest BCUT2D eigenvalue weighted by molar-refractivity contribution is 5.82. The number of carbonyl (C=O) groups is 1. The van der Waals surface area contributed by atoms with Crippen molar-refractivity contribution in [1.29, 1.82) is 0 Å². The van der Waals surface area contributed by atoms with Gasteiger partial charge in [0.05, 0.1) is 6.20 Å². The van der Waals surface area contributed by atoms with Crippen LogP contribution in [0.5, 0.6) is 0 Å². The van der Waals surface area contributed by atoms with E-state index in [-0.39, 0.29) is 11.9 Å². The number of ketones is 1. The van der Waals surface area contributed by atoms with Crippen molar-refractivity contribution in [3.63, 3.8) is 0 Å². The van der Waals surface area contributed by atoms with Crippen LogP contribution in [0.4, 0.5) is 0 Å². The molecule has 80 valence electrons. The minimum absolute atomic E-state index is 0.190. The molecular formula is C11H13NO3. The first kappa shape index (κ1) is 9.98. The van der Waals surface area contributed by atoms with Gasteiger partial charge in [0.1, 0.15) is 24.3 Å². The molecule has 1 N–H and O–H groups in total. The van der Waals surface area contributed by atoms with Crippen LogP contribution >= 0.6 is 0 Å². The smallest absolute Gasteiger partial charge is 0.143 e. The molecule has 0 spiro atoms. The molecule has 4 heteroatoms. The molecule has 1 aliphatic heterocycles. The SMILES string of the molecule is C=CCOC1=CNOC2CC(=O)CC=C12. The molecule has 4 nitrogen and oxygen atoms in total. The van der Waals surface area contributed by atoms with E-state index in [9.17, 15) is 4.79 Å². The van der Waals surface area contributed by atoms with Gasteiger partial charge in [0.15, 0.2) is 0 Å². The van der Waals surface area contributed by atoms with Crippen molar-refractivity contribution in [2.24, 2.45) is 0 Å². The van der Waals surface area contributed by atoms with Crippen molar-refractivity contribution in [2.75, 3.05) is 6.61 Å². The number of carbonyl (C=O) groups excluding carboxylic acids is 1. The number of Topliss-reactive ketones (excluding diaryl/α,β-unsaturated/α-hetero) is 1. The Balaban J connectivity index is 2.14. The largest absolute Gasteiger partial charge is 0.488 e. The number of hydrogen-bond acceptors (Lipinski definition) is 4. The predicted molar refractivity (Wildman–Crippen MR) is 54.6 cm³/mol. The molecule has 0 bridgehead atoms. The van der Waals surface area contributed by atoms with Crippen LogP contribution < -0.4 is 5.48 Å². The first-order valence-electron chi connectivity index (χ1n) is 4.88. The molecule has 0 aromatic carbocycles. The van der Waals surface area contributed by atoms with E-state index in [1.165, 1.54) is 0 Å². The predicted octanol–water partition coefficient (Wildman–Crippen LogP) is 1.22. The topological polar surface area (TPSA) is 47.6 Å². The zero-order valence-electron chi connectivity index (χ0n) is 8.36. The second-order valence-electron chi connectivity index (χ2n) is 3.44. The highest BCUT2D eigenvalue weighted by atomic mass is 16.7. The fraction of sp³-hybridized carbons (Fsp3) is 0.364. The molecule has 0 saturated carbocycles. The quantitative estimate of drug-likeness (QED) is 0.707. The van der Waals surface area contributed by atoms with E-state index in [1.54, 1.807) is 12.3 Å². The lowest BCUT2D eigenvalue weighted by atomic mass is 9.94. The lowest BCUT2D eigenvalue weighted by Crippen LogP contribution is -2.33. The highest BCUT2D eigenvalue weighted by Gasteiger charge is 2.29. The van der Waals surface area contributed by atoms with Crippen LogP contribution in [0.15, 0.2) is 36.3 Å². The maximum atomic E-state index is 11.2. The summed E-state index contributed by atoms with van der Waals surface area (Å²) in [6.45, 7) is 4.03. The molecule has 0 aromatic heterocycles. The number of hydroxylamine groups is 1. The van der Waals surface area contributed by atoms with Crippen molar-refractivity contribution in [3.05, 3.63) is 36.3 Å². The van der Waals surface area contributed by atoms with E-state index < -0.39 is 0 Å². The zero-order chi connectivity index (χ0) is 10.7. The first-order valence-corrected chi connectivity index (χ1v) is 4.88. The number of fused-ring (bicyclic) bond motifs is 1. The van der Waals surface area contributed by atoms with E-state index in [0.717, 1.165) is 11.3 Å². The highest BCUT2D eigenvalue weighted by Crippen LogP contribution is 2.27.